The maximum Gasteiger partial charge on any atom is 0.234 e. The first kappa shape index (κ1) is 13.8. The van der Waals surface area contributed by atoms with Crippen LogP contribution in [0, 0.1) is 13.8 Å². The third-order valence-corrected chi connectivity index (χ3v) is 4.47. The molecule has 0 fully saturated rings. The summed E-state index contributed by atoms with van der Waals surface area (Å²) in [6.07, 6.45) is 3.11. The highest BCUT2D eigenvalue weighted by Gasteiger charge is 2.10. The maximum absolute atomic E-state index is 11.5. The lowest BCUT2D eigenvalue weighted by Gasteiger charge is -2.00. The molecule has 1 aromatic carbocycles. The van der Waals surface area contributed by atoms with Crippen LogP contribution in [0.1, 0.15) is 11.4 Å². The van der Waals surface area contributed by atoms with Gasteiger partial charge >= 0.3 is 0 Å². The maximum atomic E-state index is 11.5. The van der Waals surface area contributed by atoms with Gasteiger partial charge in [0.1, 0.15) is 0 Å². The molecule has 0 amide bonds. The van der Waals surface area contributed by atoms with Crippen LogP contribution < -0.4 is 0 Å². The van der Waals surface area contributed by atoms with E-state index in [1.807, 2.05) is 30.5 Å². The number of aromatic nitrogens is 3. The van der Waals surface area contributed by atoms with E-state index in [0.717, 1.165) is 22.6 Å². The van der Waals surface area contributed by atoms with E-state index < -0.39 is 9.84 Å². The Morgan fingerprint density at radius 3 is 2.33 bits per heavy atom. The highest BCUT2D eigenvalue weighted by Crippen LogP contribution is 2.21. The summed E-state index contributed by atoms with van der Waals surface area (Å²) >= 11 is 0. The fourth-order valence-corrected chi connectivity index (χ4v) is 2.91. The molecule has 0 N–H and O–H groups in total. The predicted octanol–water partition coefficient (Wildman–Crippen LogP) is 2.42. The Balaban J connectivity index is 2.10. The number of hydrogen-bond acceptors (Lipinski definition) is 4. The molecule has 3 rings (SSSR count). The van der Waals surface area contributed by atoms with Gasteiger partial charge in [0, 0.05) is 29.4 Å². The minimum Gasteiger partial charge on any atom is -0.288 e. The molecule has 0 saturated carbocycles. The zero-order valence-corrected chi connectivity index (χ0v) is 12.8. The molecule has 108 valence electrons. The van der Waals surface area contributed by atoms with E-state index >= 15 is 0 Å². The SMILES string of the molecule is Cc1cc(C)n2cc(-c3ccc(S(C)(=O)=O)cc3)nc2n1. The number of fused-ring (bicyclic) bond motifs is 1. The summed E-state index contributed by atoms with van der Waals surface area (Å²) in [4.78, 5) is 9.20. The first-order valence-corrected chi connectivity index (χ1v) is 8.37. The van der Waals surface area contributed by atoms with Crippen LogP contribution >= 0.6 is 0 Å². The van der Waals surface area contributed by atoms with E-state index in [2.05, 4.69) is 9.97 Å². The highest BCUT2D eigenvalue weighted by atomic mass is 32.2. The Kier molecular flexibility index (Phi) is 3.06. The highest BCUT2D eigenvalue weighted by molar-refractivity contribution is 7.90. The number of hydrogen-bond donors (Lipinski definition) is 0. The first-order valence-electron chi connectivity index (χ1n) is 6.48. The Bertz CT molecular complexity index is 925. The van der Waals surface area contributed by atoms with Crippen molar-refractivity contribution in [3.8, 4) is 11.3 Å². The van der Waals surface area contributed by atoms with Gasteiger partial charge in [-0.3, -0.25) is 4.40 Å². The zero-order chi connectivity index (χ0) is 15.2. The lowest BCUT2D eigenvalue weighted by Crippen LogP contribution is -1.96. The van der Waals surface area contributed by atoms with Crippen LogP contribution in [0.15, 0.2) is 41.4 Å². The van der Waals surface area contributed by atoms with E-state index in [1.165, 1.54) is 6.26 Å². The lowest BCUT2D eigenvalue weighted by molar-refractivity contribution is 0.602. The third-order valence-electron chi connectivity index (χ3n) is 3.34. The predicted molar refractivity (Wildman–Crippen MR) is 81.0 cm³/mol. The molecule has 0 saturated heterocycles. The summed E-state index contributed by atoms with van der Waals surface area (Å²) in [7, 11) is -3.18. The van der Waals surface area contributed by atoms with Crippen molar-refractivity contribution in [2.45, 2.75) is 18.7 Å². The van der Waals surface area contributed by atoms with Crippen molar-refractivity contribution in [2.75, 3.05) is 6.26 Å². The first-order chi connectivity index (χ1) is 9.84. The molecule has 0 bridgehead atoms. The molecule has 0 atom stereocenters. The van der Waals surface area contributed by atoms with E-state index in [4.69, 9.17) is 0 Å². The Hall–Kier alpha value is -2.21. The van der Waals surface area contributed by atoms with Crippen LogP contribution in [0.3, 0.4) is 0 Å². The standard InChI is InChI=1S/C15H15N3O2S/c1-10-8-11(2)18-9-14(17-15(18)16-10)12-4-6-13(7-5-12)21(3,19)20/h4-9H,1-3H3. The molecular formula is C15H15N3O2S. The number of sulfone groups is 1. The van der Waals surface area contributed by atoms with Crippen molar-refractivity contribution in [3.05, 3.63) is 47.9 Å². The number of nitrogens with zero attached hydrogens (tertiary/aromatic N) is 3. The monoisotopic (exact) mass is 301 g/mol. The molecule has 0 unspecified atom stereocenters. The smallest absolute Gasteiger partial charge is 0.234 e. The second kappa shape index (κ2) is 4.66. The molecule has 21 heavy (non-hydrogen) atoms. The summed E-state index contributed by atoms with van der Waals surface area (Å²) in [5, 5.41) is 0. The van der Waals surface area contributed by atoms with E-state index in [9.17, 15) is 8.42 Å². The summed E-state index contributed by atoms with van der Waals surface area (Å²) in [6.45, 7) is 3.93. The largest absolute Gasteiger partial charge is 0.288 e. The molecule has 2 aromatic heterocycles. The van der Waals surface area contributed by atoms with Crippen LogP contribution in [0.5, 0.6) is 0 Å². The van der Waals surface area contributed by atoms with E-state index in [0.29, 0.717) is 10.7 Å². The van der Waals surface area contributed by atoms with Crippen LogP contribution in [-0.4, -0.2) is 29.0 Å². The molecule has 0 aliphatic heterocycles. The Labute approximate surface area is 123 Å². The average Bonchev–Trinajstić information content (AvgIpc) is 2.82. The molecule has 5 nitrogen and oxygen atoms in total. The third kappa shape index (κ3) is 2.54. The summed E-state index contributed by atoms with van der Waals surface area (Å²) in [5.74, 6) is 0.648. The Morgan fingerprint density at radius 1 is 1.05 bits per heavy atom. The van der Waals surface area contributed by atoms with Crippen LogP contribution in [0.4, 0.5) is 0 Å². The van der Waals surface area contributed by atoms with Crippen molar-refractivity contribution in [3.63, 3.8) is 0 Å². The van der Waals surface area contributed by atoms with Gasteiger partial charge in [0.15, 0.2) is 9.84 Å². The number of rotatable bonds is 2. The van der Waals surface area contributed by atoms with Crippen molar-refractivity contribution in [1.29, 1.82) is 0 Å². The molecular weight excluding hydrogens is 286 g/mol. The van der Waals surface area contributed by atoms with Crippen molar-refractivity contribution >= 4 is 15.6 Å². The van der Waals surface area contributed by atoms with Crippen LogP contribution in [0.2, 0.25) is 0 Å². The molecule has 0 radical (unpaired) electrons. The summed E-state index contributed by atoms with van der Waals surface area (Å²) in [5.41, 5.74) is 3.62. The van der Waals surface area contributed by atoms with Gasteiger partial charge in [0.25, 0.3) is 0 Å². The molecule has 3 aromatic rings. The minimum absolute atomic E-state index is 0.306. The van der Waals surface area contributed by atoms with Gasteiger partial charge in [-0.25, -0.2) is 18.4 Å². The van der Waals surface area contributed by atoms with Gasteiger partial charge in [-0.1, -0.05) is 12.1 Å². The molecule has 2 heterocycles. The van der Waals surface area contributed by atoms with Gasteiger partial charge in [0.2, 0.25) is 5.78 Å². The van der Waals surface area contributed by atoms with Crippen LogP contribution in [0.25, 0.3) is 17.0 Å². The van der Waals surface area contributed by atoms with Crippen molar-refractivity contribution in [2.24, 2.45) is 0 Å². The van der Waals surface area contributed by atoms with Gasteiger partial charge < -0.3 is 0 Å². The molecule has 0 spiro atoms. The van der Waals surface area contributed by atoms with Gasteiger partial charge in [-0.2, -0.15) is 0 Å². The fourth-order valence-electron chi connectivity index (χ4n) is 2.28. The van der Waals surface area contributed by atoms with Crippen LogP contribution in [-0.2, 0) is 9.84 Å². The van der Waals surface area contributed by atoms with E-state index in [-0.39, 0.29) is 0 Å². The molecule has 0 aliphatic carbocycles. The van der Waals surface area contributed by atoms with E-state index in [1.54, 1.807) is 24.3 Å². The van der Waals surface area contributed by atoms with Crippen molar-refractivity contribution in [1.82, 2.24) is 14.4 Å². The topological polar surface area (TPSA) is 64.3 Å². The zero-order valence-electron chi connectivity index (χ0n) is 12.0. The van der Waals surface area contributed by atoms with Crippen molar-refractivity contribution < 1.29 is 8.42 Å². The number of imidazole rings is 1. The van der Waals surface area contributed by atoms with Gasteiger partial charge in [-0.15, -0.1) is 0 Å². The fraction of sp³-hybridized carbons (Fsp3) is 0.200. The number of aryl methyl sites for hydroxylation is 2. The minimum atomic E-state index is -3.18. The van der Waals surface area contributed by atoms with Gasteiger partial charge in [0.05, 0.1) is 10.6 Å². The average molecular weight is 301 g/mol. The number of benzene rings is 1. The van der Waals surface area contributed by atoms with Gasteiger partial charge in [-0.05, 0) is 32.0 Å². The molecule has 6 heteroatoms. The summed E-state index contributed by atoms with van der Waals surface area (Å²) in [6, 6.07) is 8.71. The molecule has 0 aliphatic rings. The summed E-state index contributed by atoms with van der Waals surface area (Å²) < 4.78 is 24.9. The lowest BCUT2D eigenvalue weighted by atomic mass is 10.2. The Morgan fingerprint density at radius 2 is 1.71 bits per heavy atom. The quantitative estimate of drug-likeness (QED) is 0.729. The normalized spacial score (nSPS) is 12.0. The second-order valence-electron chi connectivity index (χ2n) is 5.13. The second-order valence-corrected chi connectivity index (χ2v) is 7.15.